The summed E-state index contributed by atoms with van der Waals surface area (Å²) in [5, 5.41) is 0. The molecule has 2 aromatic rings. The van der Waals surface area contributed by atoms with Crippen molar-refractivity contribution in [2.75, 3.05) is 33.4 Å². The monoisotopic (exact) mass is 446 g/mol. The van der Waals surface area contributed by atoms with Gasteiger partial charge < -0.3 is 9.47 Å². The molecule has 31 heavy (non-hydrogen) atoms. The number of likely N-dealkylation sites (tertiary alicyclic amines) is 1. The van der Waals surface area contributed by atoms with Crippen molar-refractivity contribution in [2.24, 2.45) is 5.92 Å². The molecule has 2 aromatic carbocycles. The summed E-state index contributed by atoms with van der Waals surface area (Å²) in [7, 11) is -2.00. The van der Waals surface area contributed by atoms with Crippen molar-refractivity contribution in [1.82, 2.24) is 9.62 Å². The van der Waals surface area contributed by atoms with Crippen LogP contribution in [0.4, 0.5) is 0 Å². The van der Waals surface area contributed by atoms with Crippen LogP contribution < -0.4 is 9.46 Å². The number of rotatable bonds is 10. The van der Waals surface area contributed by atoms with Gasteiger partial charge in [-0.25, -0.2) is 13.1 Å². The molecule has 0 bridgehead atoms. The molecule has 0 aromatic heterocycles. The Morgan fingerprint density at radius 3 is 2.52 bits per heavy atom. The Hall–Kier alpha value is -1.93. The third kappa shape index (κ3) is 7.04. The molecular weight excluding hydrogens is 412 g/mol. The van der Waals surface area contributed by atoms with Gasteiger partial charge in [-0.05, 0) is 73.7 Å². The number of piperidine rings is 1. The normalized spacial score (nSPS) is 15.8. The quantitative estimate of drug-likeness (QED) is 0.563. The van der Waals surface area contributed by atoms with Gasteiger partial charge in [-0.1, -0.05) is 31.2 Å². The standard InChI is InChI=1S/C24H34N2O4S/c1-19-9-11-26(12-10-19)18-22-6-4-5-21(16-22)17-25-31(27,28)23-7-8-24(20(2)15-23)30-14-13-29-3/h4-8,15-16,19,25H,9-14,17-18H2,1-3H3. The Labute approximate surface area is 186 Å². The predicted octanol–water partition coefficient (Wildman–Crippen LogP) is 3.73. The SMILES string of the molecule is COCCOc1ccc(S(=O)(=O)NCc2cccc(CN3CCC(C)CC3)c2)cc1C. The Morgan fingerprint density at radius 1 is 1.06 bits per heavy atom. The zero-order valence-corrected chi connectivity index (χ0v) is 19.6. The molecule has 170 valence electrons. The Balaban J connectivity index is 1.59. The first-order valence-corrected chi connectivity index (χ1v) is 12.4. The van der Waals surface area contributed by atoms with Gasteiger partial charge in [0.1, 0.15) is 12.4 Å². The highest BCUT2D eigenvalue weighted by Crippen LogP contribution is 2.22. The zero-order valence-electron chi connectivity index (χ0n) is 18.8. The molecule has 3 rings (SSSR count). The molecule has 0 unspecified atom stereocenters. The van der Waals surface area contributed by atoms with Gasteiger partial charge in [0, 0.05) is 20.2 Å². The molecule has 0 spiro atoms. The molecule has 0 saturated carbocycles. The maximum Gasteiger partial charge on any atom is 0.240 e. The van der Waals surface area contributed by atoms with Crippen LogP contribution in [-0.4, -0.2) is 46.7 Å². The fraction of sp³-hybridized carbons (Fsp3) is 0.500. The minimum absolute atomic E-state index is 0.239. The summed E-state index contributed by atoms with van der Waals surface area (Å²) in [5.74, 6) is 1.47. The molecule has 1 N–H and O–H groups in total. The minimum atomic E-state index is -3.61. The van der Waals surface area contributed by atoms with Crippen molar-refractivity contribution in [2.45, 2.75) is 44.7 Å². The molecular formula is C24H34N2O4S. The molecule has 1 heterocycles. The maximum atomic E-state index is 12.8. The number of aryl methyl sites for hydroxylation is 1. The van der Waals surface area contributed by atoms with Gasteiger partial charge in [-0.2, -0.15) is 0 Å². The van der Waals surface area contributed by atoms with Gasteiger partial charge in [0.15, 0.2) is 0 Å². The van der Waals surface area contributed by atoms with Crippen LogP contribution in [0.15, 0.2) is 47.4 Å². The third-order valence-electron chi connectivity index (χ3n) is 5.74. The Bertz CT molecular complexity index is 954. The minimum Gasteiger partial charge on any atom is -0.491 e. The van der Waals surface area contributed by atoms with E-state index in [1.165, 1.54) is 18.4 Å². The highest BCUT2D eigenvalue weighted by Gasteiger charge is 2.17. The van der Waals surface area contributed by atoms with Crippen LogP contribution in [0.2, 0.25) is 0 Å². The smallest absolute Gasteiger partial charge is 0.240 e. The first-order chi connectivity index (χ1) is 14.9. The molecule has 0 atom stereocenters. The first kappa shape index (κ1) is 23.7. The number of benzene rings is 2. The van der Waals surface area contributed by atoms with E-state index in [1.54, 1.807) is 25.3 Å². The lowest BCUT2D eigenvalue weighted by Crippen LogP contribution is -2.32. The van der Waals surface area contributed by atoms with E-state index in [4.69, 9.17) is 9.47 Å². The van der Waals surface area contributed by atoms with Gasteiger partial charge in [0.2, 0.25) is 10.0 Å². The molecule has 1 aliphatic rings. The fourth-order valence-corrected chi connectivity index (χ4v) is 4.87. The van der Waals surface area contributed by atoms with Gasteiger partial charge >= 0.3 is 0 Å². The second-order valence-electron chi connectivity index (χ2n) is 8.37. The molecule has 0 radical (unpaired) electrons. The van der Waals surface area contributed by atoms with E-state index in [9.17, 15) is 8.42 Å². The summed E-state index contributed by atoms with van der Waals surface area (Å²) in [6, 6.07) is 13.1. The average Bonchev–Trinajstić information content (AvgIpc) is 2.75. The van der Waals surface area contributed by atoms with Crippen molar-refractivity contribution in [3.8, 4) is 5.75 Å². The van der Waals surface area contributed by atoms with Gasteiger partial charge in [0.25, 0.3) is 0 Å². The highest BCUT2D eigenvalue weighted by molar-refractivity contribution is 7.89. The van der Waals surface area contributed by atoms with Crippen molar-refractivity contribution in [3.63, 3.8) is 0 Å². The van der Waals surface area contributed by atoms with Crippen LogP contribution in [0.5, 0.6) is 5.75 Å². The van der Waals surface area contributed by atoms with E-state index in [-0.39, 0.29) is 11.4 Å². The first-order valence-electron chi connectivity index (χ1n) is 10.9. The lowest BCUT2D eigenvalue weighted by molar-refractivity contribution is 0.146. The molecule has 1 saturated heterocycles. The van der Waals surface area contributed by atoms with Crippen LogP contribution >= 0.6 is 0 Å². The van der Waals surface area contributed by atoms with Gasteiger partial charge in [-0.3, -0.25) is 4.90 Å². The molecule has 1 aliphatic heterocycles. The predicted molar refractivity (Wildman–Crippen MR) is 123 cm³/mol. The van der Waals surface area contributed by atoms with Gasteiger partial charge in [-0.15, -0.1) is 0 Å². The van der Waals surface area contributed by atoms with Crippen molar-refractivity contribution >= 4 is 10.0 Å². The number of hydrogen-bond acceptors (Lipinski definition) is 5. The highest BCUT2D eigenvalue weighted by atomic mass is 32.2. The summed E-state index contributed by atoms with van der Waals surface area (Å²) in [5.41, 5.74) is 2.96. The number of methoxy groups -OCH3 is 1. The van der Waals surface area contributed by atoms with Crippen molar-refractivity contribution in [1.29, 1.82) is 0 Å². The molecule has 1 fully saturated rings. The number of nitrogens with one attached hydrogen (secondary N) is 1. The third-order valence-corrected chi connectivity index (χ3v) is 7.14. The number of hydrogen-bond donors (Lipinski definition) is 1. The van der Waals surface area contributed by atoms with Crippen LogP contribution in [0.3, 0.4) is 0 Å². The van der Waals surface area contributed by atoms with Crippen LogP contribution in [0, 0.1) is 12.8 Å². The topological polar surface area (TPSA) is 67.9 Å². The number of nitrogens with zero attached hydrogens (tertiary/aromatic N) is 1. The largest absolute Gasteiger partial charge is 0.491 e. The molecule has 0 amide bonds. The second-order valence-corrected chi connectivity index (χ2v) is 10.1. The van der Waals surface area contributed by atoms with Crippen molar-refractivity contribution < 1.29 is 17.9 Å². The summed E-state index contributed by atoms with van der Waals surface area (Å²) in [4.78, 5) is 2.71. The lowest BCUT2D eigenvalue weighted by atomic mass is 9.98. The second kappa shape index (κ2) is 11.1. The summed E-state index contributed by atoms with van der Waals surface area (Å²) < 4.78 is 38.9. The maximum absolute atomic E-state index is 12.8. The van der Waals surface area contributed by atoms with Crippen molar-refractivity contribution in [3.05, 3.63) is 59.2 Å². The molecule has 0 aliphatic carbocycles. The van der Waals surface area contributed by atoms with E-state index in [2.05, 4.69) is 28.7 Å². The van der Waals surface area contributed by atoms with Crippen LogP contribution in [0.25, 0.3) is 0 Å². The van der Waals surface area contributed by atoms with Crippen LogP contribution in [0.1, 0.15) is 36.5 Å². The Kier molecular flexibility index (Phi) is 8.49. The van der Waals surface area contributed by atoms with E-state index < -0.39 is 10.0 Å². The molecule has 6 nitrogen and oxygen atoms in total. The number of ether oxygens (including phenoxy) is 2. The van der Waals surface area contributed by atoms with E-state index in [1.807, 2.05) is 19.1 Å². The zero-order chi connectivity index (χ0) is 22.3. The van der Waals surface area contributed by atoms with E-state index in [0.29, 0.717) is 19.0 Å². The summed E-state index contributed by atoms with van der Waals surface area (Å²) >= 11 is 0. The van der Waals surface area contributed by atoms with Crippen LogP contribution in [-0.2, 0) is 27.8 Å². The average molecular weight is 447 g/mol. The van der Waals surface area contributed by atoms with E-state index >= 15 is 0 Å². The Morgan fingerprint density at radius 2 is 1.81 bits per heavy atom. The van der Waals surface area contributed by atoms with Gasteiger partial charge in [0.05, 0.1) is 11.5 Å². The fourth-order valence-electron chi connectivity index (χ4n) is 3.76. The summed E-state index contributed by atoms with van der Waals surface area (Å²) in [6.45, 7) is 8.49. The molecule has 7 heteroatoms. The van der Waals surface area contributed by atoms with E-state index in [0.717, 1.165) is 36.7 Å². The number of sulfonamides is 1. The lowest BCUT2D eigenvalue weighted by Gasteiger charge is -2.30. The summed E-state index contributed by atoms with van der Waals surface area (Å²) in [6.07, 6.45) is 2.49.